The smallest absolute Gasteiger partial charge is 0.408 e. The number of benzene rings is 1. The first kappa shape index (κ1) is 16.1. The van der Waals surface area contributed by atoms with Crippen molar-refractivity contribution in [3.63, 3.8) is 0 Å². The van der Waals surface area contributed by atoms with E-state index < -0.39 is 18.1 Å². The summed E-state index contributed by atoms with van der Waals surface area (Å²) in [6.07, 6.45) is 0.600. The summed E-state index contributed by atoms with van der Waals surface area (Å²) in [5, 5.41) is 12.3. The van der Waals surface area contributed by atoms with Crippen LogP contribution in [-0.2, 0) is 16.0 Å². The summed E-state index contributed by atoms with van der Waals surface area (Å²) in [5.41, 5.74) is 0.650. The predicted molar refractivity (Wildman–Crippen MR) is 83.7 cm³/mol. The lowest BCUT2D eigenvalue weighted by molar-refractivity contribution is -0.139. The van der Waals surface area contributed by atoms with Crippen molar-refractivity contribution >= 4 is 39.0 Å². The first-order valence-electron chi connectivity index (χ1n) is 6.44. The van der Waals surface area contributed by atoms with Gasteiger partial charge in [-0.15, -0.1) is 0 Å². The van der Waals surface area contributed by atoms with Crippen molar-refractivity contribution in [3.05, 3.63) is 47.2 Å². The van der Waals surface area contributed by atoms with Crippen LogP contribution in [-0.4, -0.2) is 29.8 Å². The van der Waals surface area contributed by atoms with Crippen LogP contribution in [0.5, 0.6) is 0 Å². The number of halogens is 1. The van der Waals surface area contributed by atoms with Crippen molar-refractivity contribution in [3.8, 4) is 0 Å². The van der Waals surface area contributed by atoms with Crippen molar-refractivity contribution in [1.29, 1.82) is 0 Å². The number of aliphatic carboxylic acids is 1. The highest BCUT2D eigenvalue weighted by molar-refractivity contribution is 9.10. The van der Waals surface area contributed by atoms with E-state index in [0.29, 0.717) is 11.3 Å². The number of fused-ring (bicyclic) bond motifs is 1. The molecule has 2 rings (SSSR count). The minimum absolute atomic E-state index is 0.0108. The molecule has 1 aromatic carbocycles. The van der Waals surface area contributed by atoms with Crippen molar-refractivity contribution in [2.75, 3.05) is 6.61 Å². The molecular weight excluding hydrogens is 354 g/mol. The molecule has 1 aromatic heterocycles. The van der Waals surface area contributed by atoms with Gasteiger partial charge in [-0.05, 0) is 24.3 Å². The molecule has 2 N–H and O–H groups in total. The van der Waals surface area contributed by atoms with E-state index in [1.54, 1.807) is 12.1 Å². The van der Waals surface area contributed by atoms with Gasteiger partial charge in [-0.1, -0.05) is 28.6 Å². The molecule has 22 heavy (non-hydrogen) atoms. The largest absolute Gasteiger partial charge is 0.480 e. The molecular formula is C15H14BrNO5. The lowest BCUT2D eigenvalue weighted by Gasteiger charge is -2.12. The van der Waals surface area contributed by atoms with E-state index in [1.807, 2.05) is 12.1 Å². The molecule has 1 atom stereocenters. The predicted octanol–water partition coefficient (Wildman–Crippen LogP) is 3.10. The molecule has 1 heterocycles. The van der Waals surface area contributed by atoms with Gasteiger partial charge in [-0.25, -0.2) is 9.59 Å². The molecule has 116 valence electrons. The Morgan fingerprint density at radius 1 is 1.45 bits per heavy atom. The highest BCUT2D eigenvalue weighted by Gasteiger charge is 2.22. The number of carbonyl (C=O) groups excluding carboxylic acids is 1. The fourth-order valence-corrected chi connectivity index (χ4v) is 2.27. The number of alkyl carbamates (subject to hydrolysis) is 1. The number of rotatable bonds is 6. The summed E-state index contributed by atoms with van der Waals surface area (Å²) in [7, 11) is 0. The average molecular weight is 368 g/mol. The molecule has 0 aliphatic carbocycles. The molecule has 0 radical (unpaired) electrons. The van der Waals surface area contributed by atoms with Crippen LogP contribution in [0, 0.1) is 0 Å². The van der Waals surface area contributed by atoms with Crippen LogP contribution in [0.2, 0.25) is 0 Å². The summed E-state index contributed by atoms with van der Waals surface area (Å²) < 4.78 is 11.2. The van der Waals surface area contributed by atoms with E-state index in [0.717, 1.165) is 9.86 Å². The van der Waals surface area contributed by atoms with Crippen LogP contribution in [0.4, 0.5) is 4.79 Å². The lowest BCUT2D eigenvalue weighted by Crippen LogP contribution is -2.42. The SMILES string of the molecule is C=CCOC(=O)NC(Cc1cc2cc(Br)ccc2o1)C(=O)O. The quantitative estimate of drug-likeness (QED) is 0.765. The Hall–Kier alpha value is -2.28. The molecule has 0 bridgehead atoms. The Balaban J connectivity index is 2.10. The molecule has 0 saturated carbocycles. The van der Waals surface area contributed by atoms with Gasteiger partial charge in [-0.2, -0.15) is 0 Å². The van der Waals surface area contributed by atoms with Gasteiger partial charge in [0, 0.05) is 16.3 Å². The van der Waals surface area contributed by atoms with Crippen molar-refractivity contribution in [2.45, 2.75) is 12.5 Å². The summed E-state index contributed by atoms with van der Waals surface area (Å²) in [5.74, 6) is -0.707. The Morgan fingerprint density at radius 2 is 2.23 bits per heavy atom. The van der Waals surface area contributed by atoms with E-state index in [2.05, 4.69) is 27.8 Å². The van der Waals surface area contributed by atoms with Crippen LogP contribution >= 0.6 is 15.9 Å². The van der Waals surface area contributed by atoms with Crippen molar-refractivity contribution < 1.29 is 23.8 Å². The fourth-order valence-electron chi connectivity index (χ4n) is 1.89. The van der Waals surface area contributed by atoms with Crippen LogP contribution in [0.1, 0.15) is 5.76 Å². The minimum atomic E-state index is -1.17. The van der Waals surface area contributed by atoms with Crippen molar-refractivity contribution in [1.82, 2.24) is 5.32 Å². The van der Waals surface area contributed by atoms with Gasteiger partial charge >= 0.3 is 12.1 Å². The molecule has 1 unspecified atom stereocenters. The van der Waals surface area contributed by atoms with Crippen LogP contribution < -0.4 is 5.32 Å². The molecule has 0 saturated heterocycles. The second-order valence-electron chi connectivity index (χ2n) is 4.52. The Kier molecular flexibility index (Phi) is 5.21. The monoisotopic (exact) mass is 367 g/mol. The third kappa shape index (κ3) is 4.11. The van der Waals surface area contributed by atoms with E-state index in [-0.39, 0.29) is 13.0 Å². The van der Waals surface area contributed by atoms with Gasteiger partial charge in [0.2, 0.25) is 0 Å². The maximum absolute atomic E-state index is 11.4. The number of nitrogens with one attached hydrogen (secondary N) is 1. The Morgan fingerprint density at radius 3 is 2.91 bits per heavy atom. The molecule has 7 heteroatoms. The normalized spacial score (nSPS) is 11.9. The van der Waals surface area contributed by atoms with Gasteiger partial charge < -0.3 is 19.6 Å². The van der Waals surface area contributed by atoms with Gasteiger partial charge in [0.1, 0.15) is 24.0 Å². The molecule has 0 aliphatic heterocycles. The highest BCUT2D eigenvalue weighted by atomic mass is 79.9. The number of amides is 1. The van der Waals surface area contributed by atoms with Crippen LogP contribution in [0.15, 0.2) is 45.8 Å². The maximum atomic E-state index is 11.4. The van der Waals surface area contributed by atoms with Crippen LogP contribution in [0.3, 0.4) is 0 Å². The maximum Gasteiger partial charge on any atom is 0.408 e. The first-order chi connectivity index (χ1) is 10.5. The zero-order valence-electron chi connectivity index (χ0n) is 11.5. The number of ether oxygens (including phenoxy) is 1. The number of carboxylic acids is 1. The van der Waals surface area contributed by atoms with E-state index in [1.165, 1.54) is 6.08 Å². The molecule has 0 aliphatic rings. The zero-order valence-corrected chi connectivity index (χ0v) is 13.1. The van der Waals surface area contributed by atoms with E-state index >= 15 is 0 Å². The van der Waals surface area contributed by atoms with Gasteiger partial charge in [-0.3, -0.25) is 0 Å². The third-order valence-electron chi connectivity index (χ3n) is 2.86. The van der Waals surface area contributed by atoms with Gasteiger partial charge in [0.05, 0.1) is 0 Å². The van der Waals surface area contributed by atoms with E-state index in [9.17, 15) is 14.7 Å². The Labute approximate surface area is 134 Å². The summed E-state index contributed by atoms with van der Waals surface area (Å²) in [6, 6.07) is 6.08. The summed E-state index contributed by atoms with van der Waals surface area (Å²) in [6.45, 7) is 3.42. The topological polar surface area (TPSA) is 88.8 Å². The van der Waals surface area contributed by atoms with Gasteiger partial charge in [0.25, 0.3) is 0 Å². The molecule has 6 nitrogen and oxygen atoms in total. The summed E-state index contributed by atoms with van der Waals surface area (Å²) in [4.78, 5) is 22.7. The first-order valence-corrected chi connectivity index (χ1v) is 7.24. The van der Waals surface area contributed by atoms with E-state index in [4.69, 9.17) is 9.15 Å². The van der Waals surface area contributed by atoms with Crippen molar-refractivity contribution in [2.24, 2.45) is 0 Å². The number of hydrogen-bond acceptors (Lipinski definition) is 4. The van der Waals surface area contributed by atoms with Gasteiger partial charge in [0.15, 0.2) is 0 Å². The molecule has 0 fully saturated rings. The molecule has 2 aromatic rings. The second-order valence-corrected chi connectivity index (χ2v) is 5.44. The number of carboxylic acid groups (broad SMARTS) is 1. The number of carbonyl (C=O) groups is 2. The third-order valence-corrected chi connectivity index (χ3v) is 3.35. The number of hydrogen-bond donors (Lipinski definition) is 2. The minimum Gasteiger partial charge on any atom is -0.480 e. The van der Waals surface area contributed by atoms with Crippen LogP contribution in [0.25, 0.3) is 11.0 Å². The fraction of sp³-hybridized carbons (Fsp3) is 0.200. The lowest BCUT2D eigenvalue weighted by atomic mass is 10.1. The average Bonchev–Trinajstić information content (AvgIpc) is 2.85. The Bertz CT molecular complexity index is 709. The standard InChI is InChI=1S/C15H14BrNO5/c1-2-5-21-15(20)17-12(14(18)19)8-11-7-9-6-10(16)3-4-13(9)22-11/h2-4,6-7,12H,1,5,8H2,(H,17,20)(H,18,19). The number of furan rings is 1. The molecule has 0 spiro atoms. The molecule has 1 amide bonds. The zero-order chi connectivity index (χ0) is 16.1. The highest BCUT2D eigenvalue weighted by Crippen LogP contribution is 2.24. The second kappa shape index (κ2) is 7.13. The summed E-state index contributed by atoms with van der Waals surface area (Å²) >= 11 is 3.36.